The number of nitrogens with one attached hydrogen (secondary N) is 2. The van der Waals surface area contributed by atoms with Crippen LogP contribution < -0.4 is 20.1 Å². The molecule has 0 unspecified atom stereocenters. The summed E-state index contributed by atoms with van der Waals surface area (Å²) in [6, 6.07) is 13.6. The highest BCUT2D eigenvalue weighted by Crippen LogP contribution is 2.42. The Morgan fingerprint density at radius 1 is 1.25 bits per heavy atom. The van der Waals surface area contributed by atoms with Gasteiger partial charge in [-0.1, -0.05) is 30.3 Å². The Kier molecular flexibility index (Phi) is 3.67. The van der Waals surface area contributed by atoms with Crippen molar-refractivity contribution in [1.29, 1.82) is 0 Å². The Labute approximate surface area is 139 Å². The number of fused-ring (bicyclic) bond motifs is 3. The van der Waals surface area contributed by atoms with Gasteiger partial charge < -0.3 is 14.8 Å². The van der Waals surface area contributed by atoms with Crippen molar-refractivity contribution < 1.29 is 14.3 Å². The van der Waals surface area contributed by atoms with E-state index in [1.165, 1.54) is 0 Å². The fourth-order valence-corrected chi connectivity index (χ4v) is 2.75. The highest BCUT2D eigenvalue weighted by atomic mass is 16.6. The largest absolute Gasteiger partial charge is 0.480 e. The van der Waals surface area contributed by atoms with Gasteiger partial charge in [0.25, 0.3) is 0 Å². The molecule has 0 bridgehead atoms. The summed E-state index contributed by atoms with van der Waals surface area (Å²) in [5.74, 6) is 1.20. The maximum atomic E-state index is 11.6. The lowest BCUT2D eigenvalue weighted by Crippen LogP contribution is -2.27. The van der Waals surface area contributed by atoms with Gasteiger partial charge in [0.05, 0.1) is 6.42 Å². The number of anilines is 1. The Morgan fingerprint density at radius 2 is 2.12 bits per heavy atom. The van der Waals surface area contributed by atoms with E-state index in [0.29, 0.717) is 31.1 Å². The predicted octanol–water partition coefficient (Wildman–Crippen LogP) is 2.36. The van der Waals surface area contributed by atoms with Crippen molar-refractivity contribution in [2.45, 2.75) is 19.2 Å². The number of hydrogen-bond acceptors (Lipinski definition) is 4. The van der Waals surface area contributed by atoms with E-state index in [1.807, 2.05) is 36.4 Å². The van der Waals surface area contributed by atoms with E-state index in [-0.39, 0.29) is 5.91 Å². The van der Waals surface area contributed by atoms with Gasteiger partial charge in [0.1, 0.15) is 6.54 Å². The fourth-order valence-electron chi connectivity index (χ4n) is 2.75. The lowest BCUT2D eigenvalue weighted by Gasteiger charge is -2.21. The van der Waals surface area contributed by atoms with Crippen molar-refractivity contribution in [3.63, 3.8) is 0 Å². The molecule has 0 saturated heterocycles. The van der Waals surface area contributed by atoms with Crippen LogP contribution in [0.1, 0.15) is 11.1 Å². The third-order valence-electron chi connectivity index (χ3n) is 3.89. The van der Waals surface area contributed by atoms with E-state index < -0.39 is 6.23 Å². The lowest BCUT2D eigenvalue weighted by atomic mass is 10.1. The van der Waals surface area contributed by atoms with Crippen LogP contribution in [0.4, 0.5) is 5.69 Å². The van der Waals surface area contributed by atoms with Crippen LogP contribution in [0.15, 0.2) is 42.5 Å². The molecule has 24 heavy (non-hydrogen) atoms. The Bertz CT molecular complexity index is 840. The summed E-state index contributed by atoms with van der Waals surface area (Å²) in [6.45, 7) is 0.954. The predicted molar refractivity (Wildman–Crippen MR) is 89.2 cm³/mol. The summed E-state index contributed by atoms with van der Waals surface area (Å²) >= 11 is 0. The van der Waals surface area contributed by atoms with Crippen LogP contribution in [-0.4, -0.2) is 18.7 Å². The van der Waals surface area contributed by atoms with Crippen LogP contribution in [0.2, 0.25) is 0 Å². The van der Waals surface area contributed by atoms with E-state index in [2.05, 4.69) is 21.7 Å². The molecule has 0 aromatic heterocycles. The minimum Gasteiger partial charge on any atom is -0.480 e. The Hall–Kier alpha value is -3.20. The summed E-state index contributed by atoms with van der Waals surface area (Å²) in [7, 11) is 0. The molecule has 2 aromatic carbocycles. The first-order chi connectivity index (χ1) is 11.8. The molecule has 0 radical (unpaired) electrons. The van der Waals surface area contributed by atoms with Crippen LogP contribution in [0, 0.1) is 6.19 Å². The van der Waals surface area contributed by atoms with Gasteiger partial charge in [-0.2, -0.15) is 0 Å². The molecule has 120 valence electrons. The SMILES string of the molecule is O=C1Cc2c(ccc3c2O[C@H]([N+]#CNCc2ccccc2)CO3)N1. The lowest BCUT2D eigenvalue weighted by molar-refractivity contribution is -0.115. The third kappa shape index (κ3) is 2.84. The molecule has 6 nitrogen and oxygen atoms in total. The van der Waals surface area contributed by atoms with E-state index in [0.717, 1.165) is 16.8 Å². The summed E-state index contributed by atoms with van der Waals surface area (Å²) in [5.41, 5.74) is 2.75. The first-order valence-electron chi connectivity index (χ1n) is 7.76. The molecule has 2 heterocycles. The molecule has 1 atom stereocenters. The molecule has 0 fully saturated rings. The fraction of sp³-hybridized carbons (Fsp3) is 0.222. The standard InChI is InChI=1S/C18H15N3O3/c22-16-8-13-14(21-16)6-7-15-18(13)24-17(10-23-15)20-11-19-9-12-4-2-1-3-5-12/h1-7,17H,8-10H2,(H,21,22)/p+1/t17-/m0/s1. The maximum Gasteiger partial charge on any atom is 0.373 e. The highest BCUT2D eigenvalue weighted by Gasteiger charge is 2.31. The maximum absolute atomic E-state index is 11.6. The van der Waals surface area contributed by atoms with Gasteiger partial charge in [0.2, 0.25) is 5.91 Å². The number of carbonyl (C=O) groups is 1. The monoisotopic (exact) mass is 322 g/mol. The number of ether oxygens (including phenoxy) is 2. The summed E-state index contributed by atoms with van der Waals surface area (Å²) in [6.07, 6.45) is 2.61. The van der Waals surface area contributed by atoms with Crippen LogP contribution in [-0.2, 0) is 17.8 Å². The van der Waals surface area contributed by atoms with Gasteiger partial charge >= 0.3 is 12.4 Å². The molecule has 4 rings (SSSR count). The van der Waals surface area contributed by atoms with E-state index in [9.17, 15) is 4.79 Å². The Balaban J connectivity index is 1.43. The quantitative estimate of drug-likeness (QED) is 0.658. The second-order valence-corrected chi connectivity index (χ2v) is 5.61. The van der Waals surface area contributed by atoms with E-state index >= 15 is 0 Å². The molecule has 2 aliphatic heterocycles. The molecule has 1 amide bonds. The number of hydrogen-bond donors (Lipinski definition) is 2. The van der Waals surface area contributed by atoms with Crippen LogP contribution in [0.5, 0.6) is 11.5 Å². The van der Waals surface area contributed by atoms with Gasteiger partial charge in [-0.15, -0.1) is 4.85 Å². The van der Waals surface area contributed by atoms with Gasteiger partial charge in [0, 0.05) is 11.3 Å². The minimum atomic E-state index is -0.483. The molecule has 2 aliphatic rings. The van der Waals surface area contributed by atoms with Crippen molar-refractivity contribution in [1.82, 2.24) is 5.32 Å². The summed E-state index contributed by atoms with van der Waals surface area (Å²) in [5, 5.41) is 5.81. The number of nitrogens with zero attached hydrogens (tertiary/aromatic N) is 1. The number of rotatable bonds is 2. The average Bonchev–Trinajstić information content (AvgIpc) is 3.00. The molecule has 6 heteroatoms. The first kappa shape index (κ1) is 14.4. The third-order valence-corrected chi connectivity index (χ3v) is 3.89. The molecular formula is C18H16N3O3+. The van der Waals surface area contributed by atoms with Crippen molar-refractivity contribution >= 4 is 11.6 Å². The molecule has 2 aromatic rings. The smallest absolute Gasteiger partial charge is 0.373 e. The van der Waals surface area contributed by atoms with E-state index in [4.69, 9.17) is 9.47 Å². The number of carbonyl (C=O) groups excluding carboxylic acids is 1. The van der Waals surface area contributed by atoms with Crippen LogP contribution in [0.25, 0.3) is 4.85 Å². The van der Waals surface area contributed by atoms with Crippen LogP contribution in [0.3, 0.4) is 0 Å². The second kappa shape index (κ2) is 6.13. The molecule has 2 N–H and O–H groups in total. The van der Waals surface area contributed by atoms with Gasteiger partial charge in [-0.05, 0) is 17.7 Å². The van der Waals surface area contributed by atoms with Gasteiger partial charge in [-0.3, -0.25) is 4.79 Å². The van der Waals surface area contributed by atoms with Gasteiger partial charge in [-0.25, -0.2) is 5.32 Å². The van der Waals surface area contributed by atoms with Crippen LogP contribution >= 0.6 is 0 Å². The highest BCUT2D eigenvalue weighted by molar-refractivity contribution is 6.00. The van der Waals surface area contributed by atoms with E-state index in [1.54, 1.807) is 6.07 Å². The number of benzene rings is 2. The molecule has 0 saturated carbocycles. The minimum absolute atomic E-state index is 0.0382. The zero-order valence-corrected chi connectivity index (χ0v) is 12.9. The molecule has 0 spiro atoms. The van der Waals surface area contributed by atoms with Gasteiger partial charge in [0.15, 0.2) is 18.1 Å². The molecule has 0 aliphatic carbocycles. The molecular weight excluding hydrogens is 306 g/mol. The normalized spacial score (nSPS) is 17.3. The second-order valence-electron chi connectivity index (χ2n) is 5.61. The first-order valence-corrected chi connectivity index (χ1v) is 7.76. The number of amides is 1. The summed E-state index contributed by atoms with van der Waals surface area (Å²) in [4.78, 5) is 15.8. The zero-order chi connectivity index (χ0) is 16.4. The van der Waals surface area contributed by atoms with Crippen molar-refractivity contribution in [2.75, 3.05) is 11.9 Å². The zero-order valence-electron chi connectivity index (χ0n) is 12.9. The summed E-state index contributed by atoms with van der Waals surface area (Å²) < 4.78 is 11.6. The van der Waals surface area contributed by atoms with Crippen molar-refractivity contribution in [3.8, 4) is 17.7 Å². The Morgan fingerprint density at radius 3 is 3.00 bits per heavy atom. The van der Waals surface area contributed by atoms with Crippen molar-refractivity contribution in [2.24, 2.45) is 0 Å². The van der Waals surface area contributed by atoms with Crippen molar-refractivity contribution in [3.05, 3.63) is 58.4 Å². The average molecular weight is 322 g/mol. The topological polar surface area (TPSA) is 64.0 Å².